The zero-order chi connectivity index (χ0) is 12.7. The van der Waals surface area contributed by atoms with Crippen LogP contribution in [-0.4, -0.2) is 30.4 Å². The van der Waals surface area contributed by atoms with Gasteiger partial charge in [-0.05, 0) is 11.6 Å². The van der Waals surface area contributed by atoms with Gasteiger partial charge in [0.15, 0.2) is 0 Å². The van der Waals surface area contributed by atoms with Crippen molar-refractivity contribution in [1.82, 2.24) is 15.6 Å². The average molecular weight is 236 g/mol. The van der Waals surface area contributed by atoms with Crippen LogP contribution in [0.1, 0.15) is 22.5 Å². The molecule has 0 unspecified atom stereocenters. The first-order chi connectivity index (χ1) is 8.17. The van der Waals surface area contributed by atoms with Crippen LogP contribution in [0.15, 0.2) is 18.3 Å². The van der Waals surface area contributed by atoms with E-state index in [0.29, 0.717) is 18.8 Å². The quantitative estimate of drug-likeness (QED) is 0.636. The molecule has 1 heterocycles. The van der Waals surface area contributed by atoms with Crippen LogP contribution in [0.5, 0.6) is 0 Å². The molecule has 6 nitrogen and oxygen atoms in total. The maximum atomic E-state index is 11.6. The number of amides is 2. The monoisotopic (exact) mass is 236 g/mol. The third-order valence-corrected chi connectivity index (χ3v) is 2.21. The minimum absolute atomic E-state index is 0.114. The predicted octanol–water partition coefficient (Wildman–Crippen LogP) is -0.594. The molecule has 0 aliphatic carbocycles. The van der Waals surface area contributed by atoms with Crippen molar-refractivity contribution in [3.05, 3.63) is 29.6 Å². The number of pyridine rings is 1. The Labute approximate surface area is 99.6 Å². The smallest absolute Gasteiger partial charge is 0.269 e. The molecule has 0 spiro atoms. The first-order valence-corrected chi connectivity index (χ1v) is 5.31. The molecular weight excluding hydrogens is 220 g/mol. The third-order valence-electron chi connectivity index (χ3n) is 2.21. The topological polar surface area (TPSA) is 97.1 Å². The highest BCUT2D eigenvalue weighted by Crippen LogP contribution is 1.99. The Morgan fingerprint density at radius 2 is 2.18 bits per heavy atom. The van der Waals surface area contributed by atoms with Crippen molar-refractivity contribution < 1.29 is 9.59 Å². The molecule has 0 fully saturated rings. The Bertz CT molecular complexity index is 389. The number of hydrogen-bond donors (Lipinski definition) is 3. The molecule has 4 N–H and O–H groups in total. The van der Waals surface area contributed by atoms with Gasteiger partial charge in [0.05, 0.1) is 0 Å². The number of nitrogens with one attached hydrogen (secondary N) is 2. The number of carbonyl (C=O) groups is 2. The number of nitrogens with zero attached hydrogens (tertiary/aromatic N) is 1. The van der Waals surface area contributed by atoms with Gasteiger partial charge in [-0.25, -0.2) is 0 Å². The summed E-state index contributed by atoms with van der Waals surface area (Å²) in [6.07, 6.45) is 1.82. The van der Waals surface area contributed by atoms with Crippen LogP contribution in [0, 0.1) is 0 Å². The Kier molecular flexibility index (Phi) is 5.09. The van der Waals surface area contributed by atoms with Crippen LogP contribution in [0.4, 0.5) is 0 Å². The summed E-state index contributed by atoms with van der Waals surface area (Å²) in [6, 6.07) is 3.36. The minimum Gasteiger partial charge on any atom is -0.359 e. The van der Waals surface area contributed by atoms with Crippen LogP contribution in [0.2, 0.25) is 0 Å². The maximum Gasteiger partial charge on any atom is 0.269 e. The molecule has 17 heavy (non-hydrogen) atoms. The average Bonchev–Trinajstić information content (AvgIpc) is 2.38. The summed E-state index contributed by atoms with van der Waals surface area (Å²) < 4.78 is 0. The van der Waals surface area contributed by atoms with Crippen molar-refractivity contribution in [3.8, 4) is 0 Å². The van der Waals surface area contributed by atoms with Gasteiger partial charge < -0.3 is 16.4 Å². The lowest BCUT2D eigenvalue weighted by molar-refractivity contribution is -0.120. The van der Waals surface area contributed by atoms with E-state index in [4.69, 9.17) is 5.73 Å². The second-order valence-electron chi connectivity index (χ2n) is 3.43. The fourth-order valence-corrected chi connectivity index (χ4v) is 1.18. The van der Waals surface area contributed by atoms with Gasteiger partial charge in [0.2, 0.25) is 5.91 Å². The molecule has 2 amide bonds. The highest BCUT2D eigenvalue weighted by atomic mass is 16.2. The molecule has 6 heteroatoms. The van der Waals surface area contributed by atoms with Gasteiger partial charge in [0, 0.05) is 32.8 Å². The molecule has 0 atom stereocenters. The Morgan fingerprint density at radius 3 is 2.71 bits per heavy atom. The van der Waals surface area contributed by atoms with Gasteiger partial charge in [-0.2, -0.15) is 0 Å². The molecular formula is C11H16N4O2. The molecule has 0 aliphatic heterocycles. The van der Waals surface area contributed by atoms with Gasteiger partial charge in [-0.3, -0.25) is 14.6 Å². The summed E-state index contributed by atoms with van der Waals surface area (Å²) in [5, 5.41) is 5.08. The lowest BCUT2D eigenvalue weighted by atomic mass is 10.2. The van der Waals surface area contributed by atoms with E-state index in [-0.39, 0.29) is 18.2 Å². The molecule has 0 saturated carbocycles. The zero-order valence-corrected chi connectivity index (χ0v) is 9.69. The normalized spacial score (nSPS) is 9.76. The van der Waals surface area contributed by atoms with E-state index in [9.17, 15) is 9.59 Å². The van der Waals surface area contributed by atoms with Crippen molar-refractivity contribution in [2.75, 3.05) is 13.6 Å². The molecule has 1 aromatic heterocycles. The highest BCUT2D eigenvalue weighted by Gasteiger charge is 2.06. The van der Waals surface area contributed by atoms with E-state index in [1.807, 2.05) is 0 Å². The zero-order valence-electron chi connectivity index (χ0n) is 9.69. The summed E-state index contributed by atoms with van der Waals surface area (Å²) in [5.41, 5.74) is 6.61. The van der Waals surface area contributed by atoms with Crippen LogP contribution < -0.4 is 16.4 Å². The fourth-order valence-electron chi connectivity index (χ4n) is 1.18. The standard InChI is InChI=1S/C11H16N4O2/c1-13-10(16)4-5-14-11(17)9-3-2-8(6-12)7-15-9/h2-3,7H,4-6,12H2,1H3,(H,13,16)(H,14,17). The number of carbonyl (C=O) groups excluding carboxylic acids is 2. The number of nitrogens with two attached hydrogens (primary N) is 1. The summed E-state index contributed by atoms with van der Waals surface area (Å²) in [6.45, 7) is 0.685. The van der Waals surface area contributed by atoms with E-state index >= 15 is 0 Å². The fraction of sp³-hybridized carbons (Fsp3) is 0.364. The molecule has 0 radical (unpaired) electrons. The van der Waals surface area contributed by atoms with Crippen molar-refractivity contribution in [2.45, 2.75) is 13.0 Å². The maximum absolute atomic E-state index is 11.6. The second-order valence-corrected chi connectivity index (χ2v) is 3.43. The summed E-state index contributed by atoms with van der Waals surface area (Å²) in [5.74, 6) is -0.408. The minimum atomic E-state index is -0.294. The summed E-state index contributed by atoms with van der Waals surface area (Å²) in [4.78, 5) is 26.5. The van der Waals surface area contributed by atoms with Crippen molar-refractivity contribution in [2.24, 2.45) is 5.73 Å². The van der Waals surface area contributed by atoms with E-state index < -0.39 is 0 Å². The van der Waals surface area contributed by atoms with E-state index in [1.165, 1.54) is 0 Å². The van der Waals surface area contributed by atoms with E-state index in [1.54, 1.807) is 25.4 Å². The van der Waals surface area contributed by atoms with Crippen LogP contribution in [-0.2, 0) is 11.3 Å². The van der Waals surface area contributed by atoms with Gasteiger partial charge in [0.1, 0.15) is 5.69 Å². The number of aromatic nitrogens is 1. The molecule has 0 aromatic carbocycles. The SMILES string of the molecule is CNC(=O)CCNC(=O)c1ccc(CN)cn1. The molecule has 0 saturated heterocycles. The van der Waals surface area contributed by atoms with E-state index in [2.05, 4.69) is 15.6 Å². The van der Waals surface area contributed by atoms with Gasteiger partial charge >= 0.3 is 0 Å². The Balaban J connectivity index is 2.44. The number of rotatable bonds is 5. The third kappa shape index (κ3) is 4.20. The lowest BCUT2D eigenvalue weighted by Crippen LogP contribution is -2.29. The number of hydrogen-bond acceptors (Lipinski definition) is 4. The van der Waals surface area contributed by atoms with Crippen LogP contribution in [0.3, 0.4) is 0 Å². The van der Waals surface area contributed by atoms with Crippen molar-refractivity contribution in [1.29, 1.82) is 0 Å². The van der Waals surface area contributed by atoms with Crippen molar-refractivity contribution >= 4 is 11.8 Å². The second kappa shape index (κ2) is 6.59. The van der Waals surface area contributed by atoms with Crippen LogP contribution in [0.25, 0.3) is 0 Å². The van der Waals surface area contributed by atoms with Gasteiger partial charge in [0.25, 0.3) is 5.91 Å². The first-order valence-electron chi connectivity index (χ1n) is 5.31. The summed E-state index contributed by atoms with van der Waals surface area (Å²) in [7, 11) is 1.55. The molecule has 1 aromatic rings. The predicted molar refractivity (Wildman–Crippen MR) is 63.1 cm³/mol. The van der Waals surface area contributed by atoms with E-state index in [0.717, 1.165) is 5.56 Å². The van der Waals surface area contributed by atoms with Crippen LogP contribution >= 0.6 is 0 Å². The molecule has 92 valence electrons. The molecule has 0 bridgehead atoms. The molecule has 1 rings (SSSR count). The largest absolute Gasteiger partial charge is 0.359 e. The van der Waals surface area contributed by atoms with Gasteiger partial charge in [-0.1, -0.05) is 6.07 Å². The first kappa shape index (κ1) is 13.1. The Hall–Kier alpha value is -1.95. The van der Waals surface area contributed by atoms with Gasteiger partial charge in [-0.15, -0.1) is 0 Å². The lowest BCUT2D eigenvalue weighted by Gasteiger charge is -2.04. The highest BCUT2D eigenvalue weighted by molar-refractivity contribution is 5.92. The molecule has 0 aliphatic rings. The van der Waals surface area contributed by atoms with Crippen molar-refractivity contribution in [3.63, 3.8) is 0 Å². The summed E-state index contributed by atoms with van der Waals surface area (Å²) >= 11 is 0. The Morgan fingerprint density at radius 1 is 1.41 bits per heavy atom.